The van der Waals surface area contributed by atoms with Crippen molar-refractivity contribution in [3.63, 3.8) is 0 Å². The standard InChI is InChI=1S/C17H15NO3/c1-18-16-8-12(11-2-5-14(20)6-3-11)4-7-15(16)13(10-19)9-17(18)21/h2-9,19-20H,10H2,1H3. The predicted octanol–water partition coefficient (Wildman–Crippen LogP) is 2.40. The molecule has 0 amide bonds. The number of hydrogen-bond donors (Lipinski definition) is 2. The summed E-state index contributed by atoms with van der Waals surface area (Å²) in [6.07, 6.45) is 0. The van der Waals surface area contributed by atoms with Crippen LogP contribution in [0.25, 0.3) is 22.0 Å². The van der Waals surface area contributed by atoms with Crippen LogP contribution in [-0.2, 0) is 13.7 Å². The molecule has 0 aliphatic carbocycles. The fourth-order valence-electron chi connectivity index (χ4n) is 2.49. The minimum atomic E-state index is -0.162. The third-order valence-electron chi connectivity index (χ3n) is 3.70. The number of aliphatic hydroxyl groups is 1. The van der Waals surface area contributed by atoms with E-state index in [-0.39, 0.29) is 17.9 Å². The van der Waals surface area contributed by atoms with Crippen LogP contribution in [0.2, 0.25) is 0 Å². The lowest BCUT2D eigenvalue weighted by molar-refractivity contribution is 0.283. The fraction of sp³-hybridized carbons (Fsp3) is 0.118. The molecule has 0 atom stereocenters. The number of rotatable bonds is 2. The van der Waals surface area contributed by atoms with E-state index in [9.17, 15) is 15.0 Å². The summed E-state index contributed by atoms with van der Waals surface area (Å²) in [5, 5.41) is 19.6. The van der Waals surface area contributed by atoms with Crippen molar-refractivity contribution in [3.8, 4) is 16.9 Å². The van der Waals surface area contributed by atoms with Gasteiger partial charge in [0.25, 0.3) is 5.56 Å². The Balaban J connectivity index is 2.26. The van der Waals surface area contributed by atoms with E-state index in [0.717, 1.165) is 22.0 Å². The lowest BCUT2D eigenvalue weighted by Gasteiger charge is -2.11. The van der Waals surface area contributed by atoms with Gasteiger partial charge in [-0.1, -0.05) is 24.3 Å². The topological polar surface area (TPSA) is 62.5 Å². The van der Waals surface area contributed by atoms with Gasteiger partial charge in [0.2, 0.25) is 0 Å². The zero-order valence-electron chi connectivity index (χ0n) is 11.6. The van der Waals surface area contributed by atoms with Gasteiger partial charge in [0.05, 0.1) is 12.1 Å². The number of aromatic nitrogens is 1. The summed E-state index contributed by atoms with van der Waals surface area (Å²) < 4.78 is 1.57. The minimum absolute atomic E-state index is 0.144. The van der Waals surface area contributed by atoms with Crippen molar-refractivity contribution in [3.05, 3.63) is 64.4 Å². The molecule has 0 unspecified atom stereocenters. The van der Waals surface area contributed by atoms with Crippen LogP contribution in [0.4, 0.5) is 0 Å². The second-order valence-corrected chi connectivity index (χ2v) is 5.00. The number of aryl methyl sites for hydroxylation is 1. The summed E-state index contributed by atoms with van der Waals surface area (Å²) in [4.78, 5) is 11.9. The number of phenols is 1. The molecule has 2 N–H and O–H groups in total. The average molecular weight is 281 g/mol. The van der Waals surface area contributed by atoms with E-state index in [0.29, 0.717) is 5.56 Å². The minimum Gasteiger partial charge on any atom is -0.508 e. The molecule has 106 valence electrons. The van der Waals surface area contributed by atoms with Gasteiger partial charge in [-0.05, 0) is 34.9 Å². The van der Waals surface area contributed by atoms with E-state index in [1.807, 2.05) is 30.3 Å². The van der Waals surface area contributed by atoms with Crippen molar-refractivity contribution in [1.82, 2.24) is 4.57 Å². The van der Waals surface area contributed by atoms with Gasteiger partial charge in [-0.25, -0.2) is 0 Å². The Morgan fingerprint density at radius 3 is 2.33 bits per heavy atom. The van der Waals surface area contributed by atoms with E-state index in [4.69, 9.17) is 0 Å². The highest BCUT2D eigenvalue weighted by atomic mass is 16.3. The number of pyridine rings is 1. The van der Waals surface area contributed by atoms with Crippen LogP contribution in [-0.4, -0.2) is 14.8 Å². The summed E-state index contributed by atoms with van der Waals surface area (Å²) in [6, 6.07) is 14.1. The van der Waals surface area contributed by atoms with Gasteiger partial charge in [-0.15, -0.1) is 0 Å². The van der Waals surface area contributed by atoms with Crippen molar-refractivity contribution in [1.29, 1.82) is 0 Å². The monoisotopic (exact) mass is 281 g/mol. The molecule has 3 aromatic rings. The number of aromatic hydroxyl groups is 1. The maximum Gasteiger partial charge on any atom is 0.251 e. The van der Waals surface area contributed by atoms with Gasteiger partial charge in [-0.2, -0.15) is 0 Å². The maximum absolute atomic E-state index is 11.9. The second-order valence-electron chi connectivity index (χ2n) is 5.00. The van der Waals surface area contributed by atoms with Gasteiger partial charge >= 0.3 is 0 Å². The Kier molecular flexibility index (Phi) is 3.23. The van der Waals surface area contributed by atoms with E-state index in [1.165, 1.54) is 6.07 Å². The number of phenolic OH excluding ortho intramolecular Hbond substituents is 1. The summed E-state index contributed by atoms with van der Waals surface area (Å²) in [5.74, 6) is 0.217. The summed E-state index contributed by atoms with van der Waals surface area (Å²) >= 11 is 0. The number of aliphatic hydroxyl groups excluding tert-OH is 1. The molecule has 0 aliphatic rings. The fourth-order valence-corrected chi connectivity index (χ4v) is 2.49. The molecule has 1 aromatic heterocycles. The van der Waals surface area contributed by atoms with Gasteiger partial charge in [0, 0.05) is 18.5 Å². The van der Waals surface area contributed by atoms with Crippen molar-refractivity contribution < 1.29 is 10.2 Å². The molecule has 0 bridgehead atoms. The average Bonchev–Trinajstić information content (AvgIpc) is 2.51. The molecule has 4 heteroatoms. The number of hydrogen-bond acceptors (Lipinski definition) is 3. The summed E-state index contributed by atoms with van der Waals surface area (Å²) in [5.41, 5.74) is 3.17. The first-order chi connectivity index (χ1) is 10.1. The van der Waals surface area contributed by atoms with E-state index in [1.54, 1.807) is 23.7 Å². The quantitative estimate of drug-likeness (QED) is 0.758. The number of benzene rings is 2. The molecule has 1 heterocycles. The highest BCUT2D eigenvalue weighted by Gasteiger charge is 2.08. The molecule has 0 saturated heterocycles. The Morgan fingerprint density at radius 2 is 1.67 bits per heavy atom. The molecule has 0 radical (unpaired) electrons. The predicted molar refractivity (Wildman–Crippen MR) is 82.2 cm³/mol. The molecule has 0 aliphatic heterocycles. The first-order valence-corrected chi connectivity index (χ1v) is 6.63. The van der Waals surface area contributed by atoms with Gasteiger partial charge in [0.1, 0.15) is 5.75 Å². The third-order valence-corrected chi connectivity index (χ3v) is 3.70. The van der Waals surface area contributed by atoms with Gasteiger partial charge in [-0.3, -0.25) is 4.79 Å². The Hall–Kier alpha value is -2.59. The van der Waals surface area contributed by atoms with Crippen LogP contribution in [0, 0.1) is 0 Å². The van der Waals surface area contributed by atoms with Crippen molar-refractivity contribution in [2.75, 3.05) is 0 Å². The molecule has 0 fully saturated rings. The Bertz CT molecular complexity index is 864. The lowest BCUT2D eigenvalue weighted by atomic mass is 10.0. The van der Waals surface area contributed by atoms with Gasteiger partial charge < -0.3 is 14.8 Å². The smallest absolute Gasteiger partial charge is 0.251 e. The zero-order valence-corrected chi connectivity index (χ0v) is 11.6. The van der Waals surface area contributed by atoms with Crippen LogP contribution < -0.4 is 5.56 Å². The zero-order chi connectivity index (χ0) is 15.0. The van der Waals surface area contributed by atoms with E-state index in [2.05, 4.69) is 0 Å². The Morgan fingerprint density at radius 1 is 1.00 bits per heavy atom. The largest absolute Gasteiger partial charge is 0.508 e. The molecule has 2 aromatic carbocycles. The highest BCUT2D eigenvalue weighted by molar-refractivity contribution is 5.87. The normalized spacial score (nSPS) is 11.0. The van der Waals surface area contributed by atoms with Crippen molar-refractivity contribution in [2.24, 2.45) is 7.05 Å². The molecule has 21 heavy (non-hydrogen) atoms. The maximum atomic E-state index is 11.9. The van der Waals surface area contributed by atoms with Crippen LogP contribution in [0.5, 0.6) is 5.75 Å². The third kappa shape index (κ3) is 2.30. The second kappa shape index (κ2) is 5.07. The van der Waals surface area contributed by atoms with Crippen LogP contribution in [0.3, 0.4) is 0 Å². The Labute approximate surface area is 121 Å². The number of nitrogens with zero attached hydrogens (tertiary/aromatic N) is 1. The van der Waals surface area contributed by atoms with Crippen molar-refractivity contribution in [2.45, 2.75) is 6.61 Å². The molecule has 0 spiro atoms. The lowest BCUT2D eigenvalue weighted by Crippen LogP contribution is -2.17. The van der Waals surface area contributed by atoms with Crippen molar-refractivity contribution >= 4 is 10.9 Å². The molecule has 3 rings (SSSR count). The van der Waals surface area contributed by atoms with E-state index < -0.39 is 0 Å². The SMILES string of the molecule is Cn1c(=O)cc(CO)c2ccc(-c3ccc(O)cc3)cc21. The highest BCUT2D eigenvalue weighted by Crippen LogP contribution is 2.26. The number of fused-ring (bicyclic) bond motifs is 1. The van der Waals surface area contributed by atoms with Gasteiger partial charge in [0.15, 0.2) is 0 Å². The van der Waals surface area contributed by atoms with Crippen LogP contribution in [0.1, 0.15) is 5.56 Å². The molecular formula is C17H15NO3. The van der Waals surface area contributed by atoms with E-state index >= 15 is 0 Å². The first-order valence-electron chi connectivity index (χ1n) is 6.63. The summed E-state index contributed by atoms with van der Waals surface area (Å²) in [7, 11) is 1.71. The first kappa shape index (κ1) is 13.4. The molecular weight excluding hydrogens is 266 g/mol. The molecule has 0 saturated carbocycles. The van der Waals surface area contributed by atoms with Crippen LogP contribution >= 0.6 is 0 Å². The molecule has 4 nitrogen and oxygen atoms in total. The summed E-state index contributed by atoms with van der Waals surface area (Å²) in [6.45, 7) is -0.162. The van der Waals surface area contributed by atoms with Crippen LogP contribution in [0.15, 0.2) is 53.3 Å².